The Kier molecular flexibility index (Phi) is 5.29. The minimum atomic E-state index is -0.633. The fourth-order valence-electron chi connectivity index (χ4n) is 3.97. The zero-order valence-electron chi connectivity index (χ0n) is 15.7. The van der Waals surface area contributed by atoms with Crippen molar-refractivity contribution < 1.29 is 8.78 Å². The second-order valence-electron chi connectivity index (χ2n) is 7.31. The minimum absolute atomic E-state index is 0.0116. The van der Waals surface area contributed by atoms with Crippen molar-refractivity contribution in [2.45, 2.75) is 30.7 Å². The Hall–Kier alpha value is -2.13. The number of nitrogens with one attached hydrogen (secondary N) is 1. The lowest BCUT2D eigenvalue weighted by Crippen LogP contribution is -2.31. The second kappa shape index (κ2) is 7.71. The van der Waals surface area contributed by atoms with E-state index in [0.29, 0.717) is 11.6 Å². The quantitative estimate of drug-likeness (QED) is 0.819. The van der Waals surface area contributed by atoms with Crippen LogP contribution in [-0.4, -0.2) is 40.5 Å². The summed E-state index contributed by atoms with van der Waals surface area (Å²) in [6.07, 6.45) is 4.59. The highest BCUT2D eigenvalue weighted by atomic mass is 32.2. The molecule has 0 radical (unpaired) electrons. The van der Waals surface area contributed by atoms with E-state index in [1.165, 1.54) is 30.0 Å². The molecule has 9 heteroatoms. The van der Waals surface area contributed by atoms with E-state index in [-0.39, 0.29) is 11.6 Å². The van der Waals surface area contributed by atoms with Gasteiger partial charge in [-0.3, -0.25) is 10.1 Å². The van der Waals surface area contributed by atoms with E-state index < -0.39 is 17.0 Å². The van der Waals surface area contributed by atoms with Gasteiger partial charge in [0, 0.05) is 26.2 Å². The number of hydrogen-bond acceptors (Lipinski definition) is 6. The maximum Gasteiger partial charge on any atom is 0.150 e. The van der Waals surface area contributed by atoms with E-state index in [9.17, 15) is 8.78 Å². The molecule has 2 unspecified atom stereocenters. The van der Waals surface area contributed by atoms with E-state index >= 15 is 0 Å². The summed E-state index contributed by atoms with van der Waals surface area (Å²) < 4.78 is 30.8. The highest BCUT2D eigenvalue weighted by molar-refractivity contribution is 8.14. The summed E-state index contributed by atoms with van der Waals surface area (Å²) in [6, 6.07) is 4.08. The number of aryl methyl sites for hydroxylation is 1. The average molecular weight is 407 g/mol. The third-order valence-corrected chi connectivity index (χ3v) is 6.50. The molecule has 2 aliphatic rings. The standard InChI is InChI=1S/C19H24F2N6S/c1-25-18(26-8-3-4-12(22)7-9-26)15(10-24-25)27-11-16(23)28-19(27)17-13(20)5-2-6-14(17)21/h2,5-6,10,12,19,23H,3-4,7-9,11,22H2,1H3. The second-order valence-corrected chi connectivity index (χ2v) is 8.49. The SMILES string of the molecule is Cn1ncc(N2CC(=N)SC2c2c(F)cccc2F)c1N1CCCC(N)CC1. The molecule has 2 aliphatic heterocycles. The van der Waals surface area contributed by atoms with Crippen molar-refractivity contribution in [3.8, 4) is 0 Å². The first kappa shape index (κ1) is 19.2. The summed E-state index contributed by atoms with van der Waals surface area (Å²) in [5.41, 5.74) is 6.90. The molecule has 0 spiro atoms. The summed E-state index contributed by atoms with van der Waals surface area (Å²) >= 11 is 1.17. The van der Waals surface area contributed by atoms with Crippen LogP contribution in [0.3, 0.4) is 0 Å². The third-order valence-electron chi connectivity index (χ3n) is 5.37. The predicted molar refractivity (Wildman–Crippen MR) is 109 cm³/mol. The molecule has 2 fully saturated rings. The highest BCUT2D eigenvalue weighted by Gasteiger charge is 2.37. The van der Waals surface area contributed by atoms with Gasteiger partial charge in [-0.2, -0.15) is 5.10 Å². The fraction of sp³-hybridized carbons (Fsp3) is 0.474. The molecule has 0 bridgehead atoms. The zero-order chi connectivity index (χ0) is 19.8. The molecule has 2 saturated heterocycles. The van der Waals surface area contributed by atoms with Crippen LogP contribution in [0.15, 0.2) is 24.4 Å². The Morgan fingerprint density at radius 3 is 2.71 bits per heavy atom. The average Bonchev–Trinajstić information content (AvgIpc) is 3.13. The molecule has 0 saturated carbocycles. The van der Waals surface area contributed by atoms with Crippen molar-refractivity contribution in [3.05, 3.63) is 41.6 Å². The molecule has 6 nitrogen and oxygen atoms in total. The highest BCUT2D eigenvalue weighted by Crippen LogP contribution is 2.46. The number of nitrogens with two attached hydrogens (primary N) is 1. The Balaban J connectivity index is 1.73. The molecule has 3 N–H and O–H groups in total. The summed E-state index contributed by atoms with van der Waals surface area (Å²) in [4.78, 5) is 4.12. The first-order valence-corrected chi connectivity index (χ1v) is 10.3. The zero-order valence-corrected chi connectivity index (χ0v) is 16.6. The van der Waals surface area contributed by atoms with Crippen LogP contribution in [0.2, 0.25) is 0 Å². The number of benzene rings is 1. The molecule has 28 heavy (non-hydrogen) atoms. The van der Waals surface area contributed by atoms with Crippen LogP contribution in [0.1, 0.15) is 30.2 Å². The topological polar surface area (TPSA) is 74.2 Å². The van der Waals surface area contributed by atoms with Crippen molar-refractivity contribution >= 4 is 28.3 Å². The minimum Gasteiger partial charge on any atom is -0.355 e. The molecule has 0 aliphatic carbocycles. The summed E-state index contributed by atoms with van der Waals surface area (Å²) in [6.45, 7) is 1.97. The van der Waals surface area contributed by atoms with Crippen molar-refractivity contribution in [3.63, 3.8) is 0 Å². The third kappa shape index (κ3) is 3.48. The van der Waals surface area contributed by atoms with Crippen LogP contribution in [0, 0.1) is 17.0 Å². The van der Waals surface area contributed by atoms with Gasteiger partial charge in [-0.1, -0.05) is 17.8 Å². The number of rotatable bonds is 3. The summed E-state index contributed by atoms with van der Waals surface area (Å²) in [5.74, 6) is -0.280. The van der Waals surface area contributed by atoms with Crippen molar-refractivity contribution in [1.29, 1.82) is 5.41 Å². The Labute approximate surface area is 167 Å². The molecule has 1 aromatic heterocycles. The molecule has 3 heterocycles. The number of nitrogens with zero attached hydrogens (tertiary/aromatic N) is 4. The lowest BCUT2D eigenvalue weighted by Gasteiger charge is -2.30. The van der Waals surface area contributed by atoms with Crippen LogP contribution < -0.4 is 15.5 Å². The number of halogens is 2. The van der Waals surface area contributed by atoms with Gasteiger partial charge < -0.3 is 15.5 Å². The molecule has 2 aromatic rings. The molecule has 0 amide bonds. The van der Waals surface area contributed by atoms with Crippen LogP contribution in [0.4, 0.5) is 20.3 Å². The number of anilines is 2. The van der Waals surface area contributed by atoms with E-state index in [2.05, 4.69) is 10.00 Å². The Bertz CT molecular complexity index is 865. The molecule has 150 valence electrons. The van der Waals surface area contributed by atoms with Gasteiger partial charge in [-0.15, -0.1) is 0 Å². The van der Waals surface area contributed by atoms with Crippen LogP contribution in [0.25, 0.3) is 0 Å². The van der Waals surface area contributed by atoms with E-state index in [4.69, 9.17) is 11.1 Å². The lowest BCUT2D eigenvalue weighted by molar-refractivity contribution is 0.551. The van der Waals surface area contributed by atoms with E-state index in [0.717, 1.165) is 43.9 Å². The predicted octanol–water partition coefficient (Wildman–Crippen LogP) is 3.25. The first-order valence-electron chi connectivity index (χ1n) is 9.43. The maximum atomic E-state index is 14.5. The van der Waals surface area contributed by atoms with Gasteiger partial charge in [0.05, 0.1) is 23.3 Å². The van der Waals surface area contributed by atoms with Crippen molar-refractivity contribution in [2.24, 2.45) is 12.8 Å². The summed E-state index contributed by atoms with van der Waals surface area (Å²) in [5, 5.41) is 12.3. The van der Waals surface area contributed by atoms with Gasteiger partial charge in [0.25, 0.3) is 0 Å². The molecule has 1 aromatic carbocycles. The fourth-order valence-corrected chi connectivity index (χ4v) is 5.11. The van der Waals surface area contributed by atoms with Gasteiger partial charge in [-0.25, -0.2) is 8.78 Å². The van der Waals surface area contributed by atoms with Gasteiger partial charge in [0.1, 0.15) is 22.7 Å². The van der Waals surface area contributed by atoms with Crippen LogP contribution in [-0.2, 0) is 7.05 Å². The number of thioether (sulfide) groups is 1. The Morgan fingerprint density at radius 2 is 1.96 bits per heavy atom. The van der Waals surface area contributed by atoms with Crippen LogP contribution in [0.5, 0.6) is 0 Å². The first-order chi connectivity index (χ1) is 13.5. The number of hydrogen-bond donors (Lipinski definition) is 2. The molecular formula is C19H24F2N6S. The molecule has 4 rings (SSSR count). The Morgan fingerprint density at radius 1 is 1.21 bits per heavy atom. The van der Waals surface area contributed by atoms with Gasteiger partial charge in [-0.05, 0) is 31.4 Å². The van der Waals surface area contributed by atoms with Gasteiger partial charge >= 0.3 is 0 Å². The van der Waals surface area contributed by atoms with Gasteiger partial charge in [0.15, 0.2) is 5.82 Å². The van der Waals surface area contributed by atoms with E-state index in [1.54, 1.807) is 10.9 Å². The van der Waals surface area contributed by atoms with Crippen molar-refractivity contribution in [1.82, 2.24) is 9.78 Å². The summed E-state index contributed by atoms with van der Waals surface area (Å²) in [7, 11) is 1.87. The van der Waals surface area contributed by atoms with Gasteiger partial charge in [0.2, 0.25) is 0 Å². The molecule has 2 atom stereocenters. The lowest BCUT2D eigenvalue weighted by atomic mass is 10.1. The largest absolute Gasteiger partial charge is 0.355 e. The van der Waals surface area contributed by atoms with Crippen LogP contribution >= 0.6 is 11.8 Å². The monoisotopic (exact) mass is 406 g/mol. The van der Waals surface area contributed by atoms with Crippen molar-refractivity contribution in [2.75, 3.05) is 29.4 Å². The smallest absolute Gasteiger partial charge is 0.150 e. The maximum absolute atomic E-state index is 14.5. The molecular weight excluding hydrogens is 382 g/mol. The van der Waals surface area contributed by atoms with E-state index in [1.807, 2.05) is 11.9 Å². The normalized spacial score (nSPS) is 23.4. The number of aromatic nitrogens is 2.